The minimum atomic E-state index is -0.796. The van der Waals surface area contributed by atoms with Gasteiger partial charge in [0.2, 0.25) is 0 Å². The number of hydrogen-bond donors (Lipinski definition) is 4. The summed E-state index contributed by atoms with van der Waals surface area (Å²) in [5.74, 6) is 1.02. The van der Waals surface area contributed by atoms with Crippen molar-refractivity contribution < 1.29 is 19.1 Å². The number of ether oxygens (including phenoxy) is 1. The molecule has 1 rings (SSSR count). The first-order chi connectivity index (χ1) is 11.3. The van der Waals surface area contributed by atoms with Crippen molar-refractivity contribution in [1.29, 1.82) is 0 Å². The van der Waals surface area contributed by atoms with Crippen molar-refractivity contribution in [2.75, 3.05) is 26.2 Å². The van der Waals surface area contributed by atoms with E-state index >= 15 is 0 Å². The molecule has 1 heterocycles. The molecule has 0 bridgehead atoms. The Bertz CT molecular complexity index is 515. The first-order valence-electron chi connectivity index (χ1n) is 8.02. The minimum absolute atomic E-state index is 0. The van der Waals surface area contributed by atoms with Crippen LogP contribution in [-0.2, 0) is 4.74 Å². The first kappa shape index (κ1) is 23.5. The zero-order valence-corrected chi connectivity index (χ0v) is 17.5. The molecular weight excluding hydrogens is 439 g/mol. The second-order valence-corrected chi connectivity index (χ2v) is 6.11. The SMILES string of the molecule is CCNC(=NCC(O)c1ccco1)NCCNC(=O)OC(C)(C)C.I. The van der Waals surface area contributed by atoms with Crippen LogP contribution in [0.3, 0.4) is 0 Å². The third-order valence-corrected chi connectivity index (χ3v) is 2.72. The Labute approximate surface area is 165 Å². The number of alkyl carbamates (subject to hydrolysis) is 1. The lowest BCUT2D eigenvalue weighted by Gasteiger charge is -2.20. The van der Waals surface area contributed by atoms with Crippen LogP contribution >= 0.6 is 24.0 Å². The number of rotatable bonds is 7. The Morgan fingerprint density at radius 3 is 2.56 bits per heavy atom. The van der Waals surface area contributed by atoms with Crippen molar-refractivity contribution in [1.82, 2.24) is 16.0 Å². The van der Waals surface area contributed by atoms with Crippen LogP contribution in [0.25, 0.3) is 0 Å². The number of carbonyl (C=O) groups excluding carboxylic acids is 1. The monoisotopic (exact) mass is 468 g/mol. The predicted molar refractivity (Wildman–Crippen MR) is 107 cm³/mol. The van der Waals surface area contributed by atoms with Crippen molar-refractivity contribution in [3.8, 4) is 0 Å². The normalized spacial score (nSPS) is 12.8. The van der Waals surface area contributed by atoms with E-state index in [4.69, 9.17) is 9.15 Å². The summed E-state index contributed by atoms with van der Waals surface area (Å²) in [4.78, 5) is 15.8. The maximum absolute atomic E-state index is 11.5. The van der Waals surface area contributed by atoms with E-state index in [2.05, 4.69) is 20.9 Å². The molecule has 4 N–H and O–H groups in total. The van der Waals surface area contributed by atoms with Crippen molar-refractivity contribution in [2.24, 2.45) is 4.99 Å². The fourth-order valence-corrected chi connectivity index (χ4v) is 1.75. The first-order valence-corrected chi connectivity index (χ1v) is 8.02. The second-order valence-electron chi connectivity index (χ2n) is 6.11. The molecule has 0 saturated heterocycles. The van der Waals surface area contributed by atoms with Crippen molar-refractivity contribution in [3.05, 3.63) is 24.2 Å². The number of guanidine groups is 1. The quantitative estimate of drug-likeness (QED) is 0.211. The molecule has 0 aliphatic heterocycles. The molecule has 0 aliphatic carbocycles. The van der Waals surface area contributed by atoms with Crippen molar-refractivity contribution in [3.63, 3.8) is 0 Å². The lowest BCUT2D eigenvalue weighted by molar-refractivity contribution is 0.0529. The van der Waals surface area contributed by atoms with Crippen LogP contribution in [0.15, 0.2) is 27.8 Å². The smallest absolute Gasteiger partial charge is 0.407 e. The standard InChI is InChI=1S/C16H28N4O4.HI/c1-5-17-14(20-11-12(21)13-7-6-10-23-13)18-8-9-19-15(22)24-16(2,3)4;/h6-7,10,12,21H,5,8-9,11H2,1-4H3,(H,19,22)(H2,17,18,20);1H. The van der Waals surface area contributed by atoms with Gasteiger partial charge < -0.3 is 30.2 Å². The number of halogens is 1. The molecule has 25 heavy (non-hydrogen) atoms. The van der Waals surface area contributed by atoms with E-state index in [-0.39, 0.29) is 30.5 Å². The Morgan fingerprint density at radius 1 is 1.32 bits per heavy atom. The summed E-state index contributed by atoms with van der Waals surface area (Å²) in [6.45, 7) is 9.09. The topological polar surface area (TPSA) is 108 Å². The summed E-state index contributed by atoms with van der Waals surface area (Å²) in [5.41, 5.74) is -0.518. The zero-order chi connectivity index (χ0) is 18.0. The Hall–Kier alpha value is -1.49. The lowest BCUT2D eigenvalue weighted by Crippen LogP contribution is -2.42. The summed E-state index contributed by atoms with van der Waals surface area (Å²) in [6.07, 6.45) is 0.253. The largest absolute Gasteiger partial charge is 0.467 e. The van der Waals surface area contributed by atoms with Gasteiger partial charge in [0.15, 0.2) is 5.96 Å². The van der Waals surface area contributed by atoms with Crippen LogP contribution < -0.4 is 16.0 Å². The van der Waals surface area contributed by atoms with Crippen molar-refractivity contribution in [2.45, 2.75) is 39.4 Å². The van der Waals surface area contributed by atoms with Gasteiger partial charge in [0.25, 0.3) is 0 Å². The average Bonchev–Trinajstić information content (AvgIpc) is 3.01. The summed E-state index contributed by atoms with van der Waals surface area (Å²) in [7, 11) is 0. The van der Waals surface area contributed by atoms with Crippen molar-refractivity contribution >= 4 is 36.0 Å². The van der Waals surface area contributed by atoms with E-state index in [0.29, 0.717) is 31.4 Å². The van der Waals surface area contributed by atoms with Crippen LogP contribution in [0.1, 0.15) is 39.6 Å². The van der Waals surface area contributed by atoms with Crippen LogP contribution in [0.5, 0.6) is 0 Å². The van der Waals surface area contributed by atoms with E-state index in [1.54, 1.807) is 12.1 Å². The van der Waals surface area contributed by atoms with Gasteiger partial charge in [-0.25, -0.2) is 4.79 Å². The Morgan fingerprint density at radius 2 is 2.00 bits per heavy atom. The van der Waals surface area contributed by atoms with E-state index in [1.165, 1.54) is 6.26 Å². The Balaban J connectivity index is 0.00000576. The van der Waals surface area contributed by atoms with Gasteiger partial charge in [-0.15, -0.1) is 24.0 Å². The van der Waals surface area contributed by atoms with Gasteiger partial charge in [-0.05, 0) is 39.8 Å². The third kappa shape index (κ3) is 10.9. The van der Waals surface area contributed by atoms with E-state index in [0.717, 1.165) is 0 Å². The maximum Gasteiger partial charge on any atom is 0.407 e. The molecule has 0 aromatic carbocycles. The zero-order valence-electron chi connectivity index (χ0n) is 15.2. The van der Waals surface area contributed by atoms with Crippen LogP contribution in [0.4, 0.5) is 4.79 Å². The van der Waals surface area contributed by atoms with E-state index < -0.39 is 17.8 Å². The summed E-state index contributed by atoms with van der Waals surface area (Å²) < 4.78 is 10.3. The minimum Gasteiger partial charge on any atom is -0.467 e. The Kier molecular flexibility index (Phi) is 11.2. The van der Waals surface area contributed by atoms with Gasteiger partial charge in [0.1, 0.15) is 17.5 Å². The molecular formula is C16H29IN4O4. The fraction of sp³-hybridized carbons (Fsp3) is 0.625. The summed E-state index contributed by atoms with van der Waals surface area (Å²) in [5, 5.41) is 18.7. The molecule has 1 unspecified atom stereocenters. The fourth-order valence-electron chi connectivity index (χ4n) is 1.75. The van der Waals surface area contributed by atoms with Gasteiger partial charge in [-0.2, -0.15) is 0 Å². The average molecular weight is 468 g/mol. The molecule has 9 heteroatoms. The molecule has 1 aromatic heterocycles. The summed E-state index contributed by atoms with van der Waals surface area (Å²) >= 11 is 0. The third-order valence-electron chi connectivity index (χ3n) is 2.72. The summed E-state index contributed by atoms with van der Waals surface area (Å²) in [6, 6.07) is 3.42. The molecule has 0 radical (unpaired) electrons. The number of carbonyl (C=O) groups is 1. The molecule has 1 atom stereocenters. The highest BCUT2D eigenvalue weighted by Crippen LogP contribution is 2.12. The molecule has 0 saturated carbocycles. The molecule has 0 spiro atoms. The number of nitrogens with one attached hydrogen (secondary N) is 3. The van der Waals surface area contributed by atoms with Gasteiger partial charge in [0.05, 0.1) is 12.8 Å². The van der Waals surface area contributed by atoms with Crippen LogP contribution in [0.2, 0.25) is 0 Å². The number of furan rings is 1. The predicted octanol–water partition coefficient (Wildman–Crippen LogP) is 2.01. The highest BCUT2D eigenvalue weighted by molar-refractivity contribution is 14.0. The number of hydrogen-bond acceptors (Lipinski definition) is 5. The lowest BCUT2D eigenvalue weighted by atomic mass is 10.2. The van der Waals surface area contributed by atoms with Gasteiger partial charge in [0, 0.05) is 19.6 Å². The number of aliphatic hydroxyl groups excluding tert-OH is 1. The van der Waals surface area contributed by atoms with Crippen LogP contribution in [0, 0.1) is 0 Å². The van der Waals surface area contributed by atoms with Crippen LogP contribution in [-0.4, -0.2) is 48.9 Å². The number of aliphatic hydroxyl groups is 1. The van der Waals surface area contributed by atoms with E-state index in [1.807, 2.05) is 27.7 Å². The molecule has 8 nitrogen and oxygen atoms in total. The number of amides is 1. The number of aliphatic imine (C=N–C) groups is 1. The van der Waals surface area contributed by atoms with Gasteiger partial charge in [-0.3, -0.25) is 4.99 Å². The van der Waals surface area contributed by atoms with Gasteiger partial charge in [-0.1, -0.05) is 0 Å². The van der Waals surface area contributed by atoms with E-state index in [9.17, 15) is 9.90 Å². The van der Waals surface area contributed by atoms with Gasteiger partial charge >= 0.3 is 6.09 Å². The molecule has 144 valence electrons. The highest BCUT2D eigenvalue weighted by Gasteiger charge is 2.15. The second kappa shape index (κ2) is 12.0. The highest BCUT2D eigenvalue weighted by atomic mass is 127. The molecule has 1 amide bonds. The molecule has 0 fully saturated rings. The molecule has 0 aliphatic rings. The number of nitrogens with zero attached hydrogens (tertiary/aromatic N) is 1. The molecule has 1 aromatic rings. The maximum atomic E-state index is 11.5.